The molecule has 0 spiro atoms. The molecule has 6 nitrogen and oxygen atoms in total. The quantitative estimate of drug-likeness (QED) is 0.109. The Morgan fingerprint density at radius 1 is 0.442 bits per heavy atom. The largest absolute Gasteiger partial charge is 0.489 e. The summed E-state index contributed by atoms with van der Waals surface area (Å²) in [5.41, 5.74) is 23.9. The van der Waals surface area contributed by atoms with E-state index in [2.05, 4.69) is 242 Å². The van der Waals surface area contributed by atoms with E-state index >= 15 is 0 Å². The normalized spacial score (nSPS) is 15.5. The van der Waals surface area contributed by atoms with Crippen LogP contribution in [0.4, 0.5) is 17.1 Å². The van der Waals surface area contributed by atoms with E-state index in [1.54, 1.807) is 14.2 Å². The molecule has 3 aliphatic carbocycles. The zero-order valence-electron chi connectivity index (χ0n) is 43.8. The van der Waals surface area contributed by atoms with Crippen molar-refractivity contribution in [1.29, 1.82) is 0 Å². The number of nitrogens with zero attached hydrogens (tertiary/aromatic N) is 2. The second-order valence-electron chi connectivity index (χ2n) is 21.4. The van der Waals surface area contributed by atoms with Gasteiger partial charge in [-0.2, -0.15) is 0 Å². The molecule has 2 unspecified atom stereocenters. The molecule has 3 aliphatic rings. The van der Waals surface area contributed by atoms with Crippen molar-refractivity contribution >= 4 is 38.9 Å². The summed E-state index contributed by atoms with van der Waals surface area (Å²) in [7, 11) is 3.55. The lowest BCUT2D eigenvalue weighted by molar-refractivity contribution is 0.0840. The third-order valence-corrected chi connectivity index (χ3v) is 16.7. The first kappa shape index (κ1) is 46.8. The zero-order chi connectivity index (χ0) is 51.8. The van der Waals surface area contributed by atoms with Crippen LogP contribution in [0.15, 0.2) is 218 Å². The molecule has 0 bridgehead atoms. The van der Waals surface area contributed by atoms with E-state index in [-0.39, 0.29) is 17.6 Å². The Morgan fingerprint density at radius 2 is 0.961 bits per heavy atom. The van der Waals surface area contributed by atoms with Gasteiger partial charge in [0.2, 0.25) is 0 Å². The van der Waals surface area contributed by atoms with E-state index in [0.717, 1.165) is 63.8 Å². The molecule has 1 heterocycles. The van der Waals surface area contributed by atoms with Crippen LogP contribution in [-0.4, -0.2) is 18.8 Å². The summed E-state index contributed by atoms with van der Waals surface area (Å²) in [6, 6.07) is 79.7. The van der Waals surface area contributed by atoms with Crippen molar-refractivity contribution < 1.29 is 18.9 Å². The average Bonchev–Trinajstić information content (AvgIpc) is 3.95. The summed E-state index contributed by atoms with van der Waals surface area (Å²) in [4.78, 5) is 2.40. The Kier molecular flexibility index (Phi) is 11.5. The minimum Gasteiger partial charge on any atom is -0.489 e. The van der Waals surface area contributed by atoms with Gasteiger partial charge in [0.15, 0.2) is 0 Å². The summed E-state index contributed by atoms with van der Waals surface area (Å²) in [5.74, 6) is 1.75. The van der Waals surface area contributed by atoms with E-state index < -0.39 is 0 Å². The Bertz CT molecular complexity index is 4040. The third kappa shape index (κ3) is 8.19. The van der Waals surface area contributed by atoms with Gasteiger partial charge >= 0.3 is 0 Å². The summed E-state index contributed by atoms with van der Waals surface area (Å²) in [6.45, 7) is 5.71. The van der Waals surface area contributed by atoms with Crippen molar-refractivity contribution in [2.24, 2.45) is 0 Å². The highest BCUT2D eigenvalue weighted by atomic mass is 16.5. The van der Waals surface area contributed by atoms with Crippen molar-refractivity contribution in [3.63, 3.8) is 0 Å². The van der Waals surface area contributed by atoms with Crippen molar-refractivity contribution in [3.8, 4) is 50.6 Å². The number of rotatable bonds is 14. The number of ether oxygens (including phenoxy) is 4. The fourth-order valence-electron chi connectivity index (χ4n) is 12.3. The van der Waals surface area contributed by atoms with Crippen LogP contribution in [0, 0.1) is 0 Å². The number of aromatic nitrogens is 1. The van der Waals surface area contributed by atoms with Crippen LogP contribution < -0.4 is 14.4 Å². The van der Waals surface area contributed by atoms with Gasteiger partial charge in [0, 0.05) is 66.0 Å². The minimum atomic E-state index is -0.233. The molecular weight excluding hydrogens is 945 g/mol. The predicted molar refractivity (Wildman–Crippen MR) is 312 cm³/mol. The maximum absolute atomic E-state index is 6.40. The van der Waals surface area contributed by atoms with E-state index in [1.807, 2.05) is 0 Å². The van der Waals surface area contributed by atoms with Crippen LogP contribution in [0.2, 0.25) is 0 Å². The molecule has 1 aromatic heterocycles. The topological polar surface area (TPSA) is 45.1 Å². The molecule has 0 aliphatic heterocycles. The minimum absolute atomic E-state index is 0.162. The van der Waals surface area contributed by atoms with Gasteiger partial charge in [0.1, 0.15) is 24.7 Å². The first-order valence-electron chi connectivity index (χ1n) is 26.8. The standard InChI is InChI=1S/C71H58N2O4/c1-71(2)65-36-46(44-77-58-32-22-52-39-70(75-4)63(52)42-58)16-33-59(65)60-34-30-56(40-66(60)71)72(53-26-17-48(18-27-53)47-10-6-5-7-11-47)54-28-19-49(20-29-54)50-23-35-68-64(37-50)61-12-8-9-13-67(61)73(68)55-24-14-45(15-25-55)43-76-57-31-21-51-38-69(74-3)62(51)41-57/h5-37,40-42,69-70H,38-39,43-44H2,1-4H3. The molecule has 10 aromatic carbocycles. The molecule has 11 aromatic rings. The Balaban J connectivity index is 0.756. The molecule has 0 fully saturated rings. The van der Waals surface area contributed by atoms with E-state index in [4.69, 9.17) is 18.9 Å². The highest BCUT2D eigenvalue weighted by Crippen LogP contribution is 2.51. The van der Waals surface area contributed by atoms with Gasteiger partial charge in [-0.1, -0.05) is 141 Å². The average molecular weight is 1000 g/mol. The van der Waals surface area contributed by atoms with Crippen molar-refractivity contribution in [1.82, 2.24) is 4.57 Å². The summed E-state index contributed by atoms with van der Waals surface area (Å²) >= 11 is 0. The lowest BCUT2D eigenvalue weighted by atomic mass is 9.82. The van der Waals surface area contributed by atoms with Gasteiger partial charge in [-0.05, 0) is 169 Å². The molecule has 0 N–H and O–H groups in total. The summed E-state index contributed by atoms with van der Waals surface area (Å²) in [5, 5.41) is 2.44. The zero-order valence-corrected chi connectivity index (χ0v) is 43.8. The molecule has 0 radical (unpaired) electrons. The van der Waals surface area contributed by atoms with Crippen LogP contribution in [0.3, 0.4) is 0 Å². The lowest BCUT2D eigenvalue weighted by Gasteiger charge is -2.29. The first-order valence-corrected chi connectivity index (χ1v) is 26.8. The number of hydrogen-bond acceptors (Lipinski definition) is 5. The molecular formula is C71H58N2O4. The smallest absolute Gasteiger partial charge is 0.120 e. The number of hydrogen-bond donors (Lipinski definition) is 0. The number of methoxy groups -OCH3 is 2. The molecule has 77 heavy (non-hydrogen) atoms. The summed E-state index contributed by atoms with van der Waals surface area (Å²) in [6.07, 6.45) is 2.27. The van der Waals surface area contributed by atoms with E-state index in [9.17, 15) is 0 Å². The second-order valence-corrected chi connectivity index (χ2v) is 21.4. The van der Waals surface area contributed by atoms with Crippen LogP contribution in [0.5, 0.6) is 11.5 Å². The van der Waals surface area contributed by atoms with Gasteiger partial charge < -0.3 is 28.4 Å². The molecule has 0 saturated heterocycles. The van der Waals surface area contributed by atoms with Crippen molar-refractivity contribution in [2.45, 2.75) is 57.5 Å². The van der Waals surface area contributed by atoms with Crippen molar-refractivity contribution in [2.75, 3.05) is 19.1 Å². The fraction of sp³-hybridized carbons (Fsp3) is 0.155. The molecule has 2 atom stereocenters. The highest BCUT2D eigenvalue weighted by molar-refractivity contribution is 6.10. The number of benzene rings is 10. The van der Waals surface area contributed by atoms with E-state index in [0.29, 0.717) is 13.2 Å². The second kappa shape index (κ2) is 18.9. The molecule has 6 heteroatoms. The highest BCUT2D eigenvalue weighted by Gasteiger charge is 2.36. The SMILES string of the molecule is COC1Cc2ccc(OCc3ccc(-n4c5ccccc5c5cc(-c6ccc(N(c7ccc(-c8ccccc8)cc7)c7ccc8c(c7)C(C)(C)c7cc(COc9ccc%10c(c9)C(OC)C%10)ccc7-8)cc6)ccc54)cc3)cc21. The van der Waals surface area contributed by atoms with Crippen molar-refractivity contribution in [3.05, 3.63) is 263 Å². The van der Waals surface area contributed by atoms with Crippen LogP contribution in [-0.2, 0) is 40.9 Å². The Morgan fingerprint density at radius 3 is 1.61 bits per heavy atom. The third-order valence-electron chi connectivity index (χ3n) is 16.7. The van der Waals surface area contributed by atoms with Crippen LogP contribution in [0.1, 0.15) is 70.6 Å². The molecule has 0 amide bonds. The van der Waals surface area contributed by atoms with Gasteiger partial charge in [0.05, 0.1) is 23.2 Å². The number of para-hydroxylation sites is 1. The van der Waals surface area contributed by atoms with Crippen LogP contribution >= 0.6 is 0 Å². The molecule has 376 valence electrons. The molecule has 0 saturated carbocycles. The Hall–Kier alpha value is -8.68. The predicted octanol–water partition coefficient (Wildman–Crippen LogP) is 17.5. The molecule has 14 rings (SSSR count). The van der Waals surface area contributed by atoms with E-state index in [1.165, 1.54) is 83.0 Å². The first-order chi connectivity index (χ1) is 37.8. The number of anilines is 3. The fourth-order valence-corrected chi connectivity index (χ4v) is 12.3. The maximum Gasteiger partial charge on any atom is 0.120 e. The lowest BCUT2D eigenvalue weighted by Crippen LogP contribution is -2.18. The Labute approximate surface area is 450 Å². The van der Waals surface area contributed by atoms with Gasteiger partial charge in [0.25, 0.3) is 0 Å². The maximum atomic E-state index is 6.40. The monoisotopic (exact) mass is 1000 g/mol. The van der Waals surface area contributed by atoms with Gasteiger partial charge in [-0.25, -0.2) is 0 Å². The van der Waals surface area contributed by atoms with Crippen LogP contribution in [0.25, 0.3) is 60.9 Å². The number of fused-ring (bicyclic) bond motifs is 8. The summed E-state index contributed by atoms with van der Waals surface area (Å²) < 4.78 is 26.3. The van der Waals surface area contributed by atoms with Gasteiger partial charge in [-0.3, -0.25) is 0 Å². The van der Waals surface area contributed by atoms with Gasteiger partial charge in [-0.15, -0.1) is 0 Å².